The molecular weight excluding hydrogens is 260 g/mol. The summed E-state index contributed by atoms with van der Waals surface area (Å²) >= 11 is 0. The van der Waals surface area contributed by atoms with Crippen LogP contribution in [0.1, 0.15) is 78.6 Å². The van der Waals surface area contributed by atoms with Crippen molar-refractivity contribution >= 4 is 0 Å². The first-order chi connectivity index (χ1) is 10.2. The van der Waals surface area contributed by atoms with Gasteiger partial charge in [0.2, 0.25) is 0 Å². The average molecular weight is 296 g/mol. The Bertz CT molecular complexity index is 300. The van der Waals surface area contributed by atoms with Crippen molar-refractivity contribution in [2.24, 2.45) is 23.6 Å². The van der Waals surface area contributed by atoms with Crippen LogP contribution in [0.2, 0.25) is 0 Å². The number of rotatable bonds is 6. The summed E-state index contributed by atoms with van der Waals surface area (Å²) in [5.41, 5.74) is 3.20. The molecule has 3 atom stereocenters. The summed E-state index contributed by atoms with van der Waals surface area (Å²) in [6, 6.07) is 0.329. The van der Waals surface area contributed by atoms with E-state index in [1.54, 1.807) is 0 Å². The minimum atomic E-state index is -0.0224. The van der Waals surface area contributed by atoms with Gasteiger partial charge < -0.3 is 4.74 Å². The second-order valence-corrected chi connectivity index (χ2v) is 7.44. The number of nitrogens with two attached hydrogens (primary N) is 1. The predicted molar refractivity (Wildman–Crippen MR) is 88.8 cm³/mol. The first-order valence-electron chi connectivity index (χ1n) is 9.27. The fourth-order valence-electron chi connectivity index (χ4n) is 4.93. The lowest BCUT2D eigenvalue weighted by Crippen LogP contribution is -2.61. The zero-order chi connectivity index (χ0) is 15.3. The van der Waals surface area contributed by atoms with Crippen molar-refractivity contribution in [2.75, 3.05) is 6.61 Å². The van der Waals surface area contributed by atoms with E-state index >= 15 is 0 Å². The number of hydrogen-bond donors (Lipinski definition) is 2. The lowest BCUT2D eigenvalue weighted by Gasteiger charge is -2.50. The van der Waals surface area contributed by atoms with E-state index in [-0.39, 0.29) is 5.60 Å². The molecule has 0 spiro atoms. The Morgan fingerprint density at radius 3 is 2.38 bits per heavy atom. The molecule has 0 heterocycles. The molecule has 3 unspecified atom stereocenters. The first-order valence-corrected chi connectivity index (χ1v) is 9.27. The topological polar surface area (TPSA) is 47.3 Å². The fraction of sp³-hybridized carbons (Fsp3) is 1.00. The average Bonchev–Trinajstić information content (AvgIpc) is 2.52. The zero-order valence-corrected chi connectivity index (χ0v) is 14.4. The van der Waals surface area contributed by atoms with Gasteiger partial charge in [0, 0.05) is 6.61 Å². The second-order valence-electron chi connectivity index (χ2n) is 7.44. The van der Waals surface area contributed by atoms with Crippen LogP contribution in [0, 0.1) is 17.8 Å². The molecule has 21 heavy (non-hydrogen) atoms. The minimum absolute atomic E-state index is 0.0224. The van der Waals surface area contributed by atoms with Crippen LogP contribution in [-0.4, -0.2) is 18.2 Å². The molecular formula is C18H36N2O. The Balaban J connectivity index is 2.18. The molecule has 0 aromatic heterocycles. The molecule has 0 aromatic rings. The van der Waals surface area contributed by atoms with Crippen molar-refractivity contribution in [3.05, 3.63) is 0 Å². The van der Waals surface area contributed by atoms with E-state index < -0.39 is 0 Å². The lowest BCUT2D eigenvalue weighted by molar-refractivity contribution is -0.117. The highest BCUT2D eigenvalue weighted by Crippen LogP contribution is 2.44. The fourth-order valence-corrected chi connectivity index (χ4v) is 4.93. The van der Waals surface area contributed by atoms with Crippen LogP contribution in [0.4, 0.5) is 0 Å². The Hall–Kier alpha value is -0.120. The quantitative estimate of drug-likeness (QED) is 0.575. The lowest BCUT2D eigenvalue weighted by atomic mass is 9.65. The highest BCUT2D eigenvalue weighted by atomic mass is 16.5. The Labute approximate surface area is 131 Å². The summed E-state index contributed by atoms with van der Waals surface area (Å²) in [5, 5.41) is 0. The third kappa shape index (κ3) is 3.80. The van der Waals surface area contributed by atoms with Crippen molar-refractivity contribution < 1.29 is 4.74 Å². The zero-order valence-electron chi connectivity index (χ0n) is 14.4. The molecule has 2 aliphatic rings. The van der Waals surface area contributed by atoms with Gasteiger partial charge in [0.15, 0.2) is 0 Å². The molecule has 3 nitrogen and oxygen atoms in total. The van der Waals surface area contributed by atoms with Gasteiger partial charge >= 0.3 is 0 Å². The molecule has 0 aromatic carbocycles. The van der Waals surface area contributed by atoms with Gasteiger partial charge in [-0.25, -0.2) is 0 Å². The molecule has 2 aliphatic carbocycles. The molecule has 3 N–H and O–H groups in total. The summed E-state index contributed by atoms with van der Waals surface area (Å²) in [6.45, 7) is 7.64. The molecule has 0 aliphatic heterocycles. The summed E-state index contributed by atoms with van der Waals surface area (Å²) in [5.74, 6) is 8.41. The Morgan fingerprint density at radius 1 is 1.14 bits per heavy atom. The highest BCUT2D eigenvalue weighted by molar-refractivity contribution is 5.01. The normalized spacial score (nSPS) is 39.1. The number of hydrazine groups is 1. The largest absolute Gasteiger partial charge is 0.374 e. The van der Waals surface area contributed by atoms with E-state index in [0.717, 1.165) is 18.4 Å². The molecule has 0 radical (unpaired) electrons. The van der Waals surface area contributed by atoms with Crippen molar-refractivity contribution in [2.45, 2.75) is 90.2 Å². The number of hydrogen-bond acceptors (Lipinski definition) is 3. The van der Waals surface area contributed by atoms with Crippen LogP contribution in [0.5, 0.6) is 0 Å². The van der Waals surface area contributed by atoms with Gasteiger partial charge in [-0.2, -0.15) is 0 Å². The van der Waals surface area contributed by atoms with E-state index in [0.29, 0.717) is 12.0 Å². The van der Waals surface area contributed by atoms with Crippen LogP contribution in [0.25, 0.3) is 0 Å². The molecule has 2 fully saturated rings. The predicted octanol–water partition coefficient (Wildman–Crippen LogP) is 4.02. The van der Waals surface area contributed by atoms with E-state index in [1.165, 1.54) is 57.8 Å². The third-order valence-corrected chi connectivity index (χ3v) is 6.22. The van der Waals surface area contributed by atoms with Crippen molar-refractivity contribution in [3.8, 4) is 0 Å². The second kappa shape index (κ2) is 7.94. The molecule has 3 heteroatoms. The van der Waals surface area contributed by atoms with E-state index in [1.807, 2.05) is 0 Å². The summed E-state index contributed by atoms with van der Waals surface area (Å²) in [4.78, 5) is 0. The highest BCUT2D eigenvalue weighted by Gasteiger charge is 2.47. The van der Waals surface area contributed by atoms with Crippen molar-refractivity contribution in [3.63, 3.8) is 0 Å². The minimum Gasteiger partial charge on any atom is -0.374 e. The van der Waals surface area contributed by atoms with Gasteiger partial charge in [-0.05, 0) is 56.8 Å². The molecule has 0 amide bonds. The maximum atomic E-state index is 6.38. The monoisotopic (exact) mass is 296 g/mol. The number of nitrogens with one attached hydrogen (secondary N) is 1. The van der Waals surface area contributed by atoms with Crippen LogP contribution >= 0.6 is 0 Å². The molecule has 124 valence electrons. The Kier molecular flexibility index (Phi) is 6.51. The van der Waals surface area contributed by atoms with Gasteiger partial charge in [0.1, 0.15) is 0 Å². The molecule has 0 saturated heterocycles. The van der Waals surface area contributed by atoms with Crippen LogP contribution in [0.15, 0.2) is 0 Å². The summed E-state index contributed by atoms with van der Waals surface area (Å²) < 4.78 is 6.38. The number of ether oxygens (including phenoxy) is 1. The molecule has 0 bridgehead atoms. The first kappa shape index (κ1) is 17.2. The maximum absolute atomic E-state index is 6.38. The van der Waals surface area contributed by atoms with Crippen molar-refractivity contribution in [1.29, 1.82) is 0 Å². The van der Waals surface area contributed by atoms with Gasteiger partial charge in [-0.15, -0.1) is 0 Å². The standard InChI is InChI=1S/C18H36N2O/c1-4-15-8-6-7-9-16(15)17(20-19)18(21-5-2)12-10-14(3)11-13-18/h14-17,20H,4-13,19H2,1-3H3. The summed E-state index contributed by atoms with van der Waals surface area (Å²) in [7, 11) is 0. The smallest absolute Gasteiger partial charge is 0.0851 e. The van der Waals surface area contributed by atoms with Crippen LogP contribution in [-0.2, 0) is 4.74 Å². The van der Waals surface area contributed by atoms with E-state index in [4.69, 9.17) is 10.6 Å². The van der Waals surface area contributed by atoms with Gasteiger partial charge in [-0.1, -0.05) is 39.5 Å². The van der Waals surface area contributed by atoms with Gasteiger partial charge in [0.05, 0.1) is 11.6 Å². The molecule has 2 saturated carbocycles. The van der Waals surface area contributed by atoms with Crippen LogP contribution < -0.4 is 11.3 Å². The van der Waals surface area contributed by atoms with E-state index in [9.17, 15) is 0 Å². The van der Waals surface area contributed by atoms with Gasteiger partial charge in [-0.3, -0.25) is 11.3 Å². The maximum Gasteiger partial charge on any atom is 0.0851 e. The van der Waals surface area contributed by atoms with Crippen molar-refractivity contribution in [1.82, 2.24) is 5.43 Å². The SMILES string of the molecule is CCOC1(C(NN)C2CCCCC2CC)CCC(C)CC1. The molecule has 2 rings (SSSR count). The Morgan fingerprint density at radius 2 is 1.81 bits per heavy atom. The summed E-state index contributed by atoms with van der Waals surface area (Å²) in [6.07, 6.45) is 11.6. The van der Waals surface area contributed by atoms with Gasteiger partial charge in [0.25, 0.3) is 0 Å². The van der Waals surface area contributed by atoms with E-state index in [2.05, 4.69) is 26.2 Å². The van der Waals surface area contributed by atoms with Crippen LogP contribution in [0.3, 0.4) is 0 Å². The third-order valence-electron chi connectivity index (χ3n) is 6.22.